The third-order valence-corrected chi connectivity index (χ3v) is 5.45. The fraction of sp³-hybridized carbons (Fsp3) is 0. The second kappa shape index (κ2) is 6.60. The number of para-hydroxylation sites is 1. The van der Waals surface area contributed by atoms with Gasteiger partial charge in [-0.1, -0.05) is 63.9 Å². The number of thiophene rings is 1. The minimum atomic E-state index is 0.708. The summed E-state index contributed by atoms with van der Waals surface area (Å²) in [5.74, 6) is 0. The van der Waals surface area contributed by atoms with Crippen LogP contribution in [0.3, 0.4) is 0 Å². The number of fused-ring (bicyclic) bond motifs is 1. The summed E-state index contributed by atoms with van der Waals surface area (Å²) in [5.41, 5.74) is 3.30. The first-order chi connectivity index (χ1) is 11.7. The number of rotatable bonds is 3. The van der Waals surface area contributed by atoms with Crippen LogP contribution in [0.25, 0.3) is 10.1 Å². The van der Waals surface area contributed by atoms with Gasteiger partial charge in [-0.2, -0.15) is 0 Å². The molecule has 0 aliphatic carbocycles. The number of benzene rings is 3. The summed E-state index contributed by atoms with van der Waals surface area (Å²) in [6.07, 6.45) is 0. The molecule has 1 nitrogen and oxygen atoms in total. The normalized spacial score (nSPS) is 10.9. The zero-order chi connectivity index (χ0) is 16.5. The van der Waals surface area contributed by atoms with Crippen LogP contribution in [0, 0.1) is 0 Å². The first-order valence-corrected chi connectivity index (χ1v) is 9.55. The smallest absolute Gasteiger partial charge is 0.0647 e. The molecule has 0 aliphatic heterocycles. The van der Waals surface area contributed by atoms with E-state index in [1.165, 1.54) is 10.1 Å². The van der Waals surface area contributed by atoms with Gasteiger partial charge in [-0.25, -0.2) is 0 Å². The Hall–Kier alpha value is -1.81. The maximum atomic E-state index is 6.31. The summed E-state index contributed by atoms with van der Waals surface area (Å²) in [6, 6.07) is 24.8. The molecule has 0 saturated heterocycles. The average Bonchev–Trinajstić information content (AvgIpc) is 2.99. The maximum absolute atomic E-state index is 6.31. The van der Waals surface area contributed by atoms with E-state index < -0.39 is 0 Å². The SMILES string of the molecule is Clc1cc(Br)cc(N(c2ccccc2)c2csc3ccccc23)c1. The van der Waals surface area contributed by atoms with Gasteiger partial charge < -0.3 is 4.90 Å². The first kappa shape index (κ1) is 15.7. The summed E-state index contributed by atoms with van der Waals surface area (Å²) in [5, 5.41) is 4.15. The van der Waals surface area contributed by atoms with Gasteiger partial charge in [-0.15, -0.1) is 11.3 Å². The van der Waals surface area contributed by atoms with E-state index in [1.54, 1.807) is 11.3 Å². The van der Waals surface area contributed by atoms with Gasteiger partial charge in [0, 0.05) is 36.3 Å². The van der Waals surface area contributed by atoms with Crippen LogP contribution in [0.5, 0.6) is 0 Å². The van der Waals surface area contributed by atoms with Gasteiger partial charge in [0.15, 0.2) is 0 Å². The summed E-state index contributed by atoms with van der Waals surface area (Å²) in [7, 11) is 0. The minimum Gasteiger partial charge on any atom is -0.309 e. The van der Waals surface area contributed by atoms with Crippen LogP contribution in [0.2, 0.25) is 5.02 Å². The molecule has 4 heteroatoms. The largest absolute Gasteiger partial charge is 0.309 e. The zero-order valence-electron chi connectivity index (χ0n) is 12.6. The lowest BCUT2D eigenvalue weighted by Gasteiger charge is -2.25. The predicted molar refractivity (Wildman–Crippen MR) is 109 cm³/mol. The van der Waals surface area contributed by atoms with E-state index in [1.807, 2.05) is 18.2 Å². The maximum Gasteiger partial charge on any atom is 0.0647 e. The van der Waals surface area contributed by atoms with Crippen molar-refractivity contribution in [2.45, 2.75) is 0 Å². The molecule has 0 unspecified atom stereocenters. The van der Waals surface area contributed by atoms with E-state index in [9.17, 15) is 0 Å². The van der Waals surface area contributed by atoms with Crippen molar-refractivity contribution < 1.29 is 0 Å². The van der Waals surface area contributed by atoms with Crippen molar-refractivity contribution in [3.8, 4) is 0 Å². The van der Waals surface area contributed by atoms with Crippen LogP contribution in [0.1, 0.15) is 0 Å². The molecule has 0 fully saturated rings. The van der Waals surface area contributed by atoms with E-state index in [4.69, 9.17) is 11.6 Å². The van der Waals surface area contributed by atoms with Crippen LogP contribution >= 0.6 is 38.9 Å². The Bertz CT molecular complexity index is 977. The first-order valence-electron chi connectivity index (χ1n) is 7.50. The summed E-state index contributed by atoms with van der Waals surface area (Å²) in [6.45, 7) is 0. The quantitative estimate of drug-likeness (QED) is 0.331. The summed E-state index contributed by atoms with van der Waals surface area (Å²) >= 11 is 11.6. The molecular formula is C20H13BrClNS. The molecule has 0 amide bonds. The molecule has 24 heavy (non-hydrogen) atoms. The molecule has 0 bridgehead atoms. The Balaban J connectivity index is 1.97. The van der Waals surface area contributed by atoms with E-state index in [0.29, 0.717) is 5.02 Å². The lowest BCUT2D eigenvalue weighted by Crippen LogP contribution is -2.09. The monoisotopic (exact) mass is 413 g/mol. The third-order valence-electron chi connectivity index (χ3n) is 3.82. The van der Waals surface area contributed by atoms with Crippen molar-refractivity contribution in [3.63, 3.8) is 0 Å². The minimum absolute atomic E-state index is 0.708. The Morgan fingerprint density at radius 2 is 1.58 bits per heavy atom. The highest BCUT2D eigenvalue weighted by atomic mass is 79.9. The zero-order valence-corrected chi connectivity index (χ0v) is 15.8. The van der Waals surface area contributed by atoms with Gasteiger partial charge in [-0.3, -0.25) is 0 Å². The summed E-state index contributed by atoms with van der Waals surface area (Å²) < 4.78 is 2.24. The number of hydrogen-bond donors (Lipinski definition) is 0. The summed E-state index contributed by atoms with van der Waals surface area (Å²) in [4.78, 5) is 2.25. The molecule has 0 atom stereocenters. The number of anilines is 3. The number of halogens is 2. The highest BCUT2D eigenvalue weighted by Gasteiger charge is 2.17. The Morgan fingerprint density at radius 1 is 0.833 bits per heavy atom. The molecule has 0 aliphatic rings. The predicted octanol–water partition coefficient (Wildman–Crippen LogP) is 7.79. The molecule has 3 aromatic carbocycles. The lowest BCUT2D eigenvalue weighted by atomic mass is 10.1. The van der Waals surface area contributed by atoms with Gasteiger partial charge in [-0.05, 0) is 36.4 Å². The Labute approximate surface area is 158 Å². The average molecular weight is 415 g/mol. The van der Waals surface area contributed by atoms with Crippen molar-refractivity contribution in [2.24, 2.45) is 0 Å². The highest BCUT2D eigenvalue weighted by Crippen LogP contribution is 2.42. The standard InChI is InChI=1S/C20H13BrClNS/c21-14-10-15(22)12-17(11-14)23(16-6-2-1-3-7-16)19-13-24-20-9-5-4-8-18(19)20/h1-13H. The Kier molecular flexibility index (Phi) is 4.31. The second-order valence-corrected chi connectivity index (χ2v) is 7.68. The van der Waals surface area contributed by atoms with Gasteiger partial charge in [0.25, 0.3) is 0 Å². The molecule has 1 heterocycles. The molecule has 0 N–H and O–H groups in total. The van der Waals surface area contributed by atoms with Gasteiger partial charge >= 0.3 is 0 Å². The van der Waals surface area contributed by atoms with Crippen LogP contribution in [0.4, 0.5) is 17.1 Å². The van der Waals surface area contributed by atoms with Crippen molar-refractivity contribution in [2.75, 3.05) is 4.90 Å². The van der Waals surface area contributed by atoms with Gasteiger partial charge in [0.1, 0.15) is 0 Å². The van der Waals surface area contributed by atoms with Crippen molar-refractivity contribution >= 4 is 66.0 Å². The molecule has 4 rings (SSSR count). The third kappa shape index (κ3) is 2.95. The fourth-order valence-corrected chi connectivity index (χ4v) is 4.58. The van der Waals surface area contributed by atoms with E-state index in [0.717, 1.165) is 21.5 Å². The molecule has 0 saturated carbocycles. The van der Waals surface area contributed by atoms with Crippen LogP contribution in [-0.2, 0) is 0 Å². The van der Waals surface area contributed by atoms with E-state index in [-0.39, 0.29) is 0 Å². The molecule has 0 spiro atoms. The van der Waals surface area contributed by atoms with E-state index in [2.05, 4.69) is 80.8 Å². The van der Waals surface area contributed by atoms with Crippen LogP contribution in [0.15, 0.2) is 82.6 Å². The number of hydrogen-bond acceptors (Lipinski definition) is 2. The molecule has 1 aromatic heterocycles. The topological polar surface area (TPSA) is 3.24 Å². The van der Waals surface area contributed by atoms with Crippen LogP contribution < -0.4 is 4.90 Å². The Morgan fingerprint density at radius 3 is 2.38 bits per heavy atom. The van der Waals surface area contributed by atoms with Crippen molar-refractivity contribution in [3.05, 3.63) is 87.7 Å². The number of nitrogens with zero attached hydrogens (tertiary/aromatic N) is 1. The molecular weight excluding hydrogens is 402 g/mol. The van der Waals surface area contributed by atoms with Crippen LogP contribution in [-0.4, -0.2) is 0 Å². The van der Waals surface area contributed by atoms with Gasteiger partial charge in [0.2, 0.25) is 0 Å². The molecule has 118 valence electrons. The van der Waals surface area contributed by atoms with E-state index >= 15 is 0 Å². The molecule has 4 aromatic rings. The fourth-order valence-electron chi connectivity index (χ4n) is 2.81. The lowest BCUT2D eigenvalue weighted by molar-refractivity contribution is 1.30. The second-order valence-electron chi connectivity index (χ2n) is 5.42. The highest BCUT2D eigenvalue weighted by molar-refractivity contribution is 9.10. The van der Waals surface area contributed by atoms with Crippen molar-refractivity contribution in [1.82, 2.24) is 0 Å². The molecule has 0 radical (unpaired) electrons. The van der Waals surface area contributed by atoms with Crippen molar-refractivity contribution in [1.29, 1.82) is 0 Å². The van der Waals surface area contributed by atoms with Gasteiger partial charge in [0.05, 0.1) is 5.69 Å².